The first kappa shape index (κ1) is 11.4. The highest BCUT2D eigenvalue weighted by Gasteiger charge is 2.03. The summed E-state index contributed by atoms with van der Waals surface area (Å²) < 4.78 is 0. The van der Waals surface area contributed by atoms with E-state index in [9.17, 15) is 0 Å². The first-order valence-corrected chi connectivity index (χ1v) is 5.26. The van der Waals surface area contributed by atoms with Gasteiger partial charge in [0.05, 0.1) is 5.51 Å². The van der Waals surface area contributed by atoms with Gasteiger partial charge in [-0.25, -0.2) is 4.98 Å². The Balaban J connectivity index is 0.000000561. The molecule has 12 heavy (non-hydrogen) atoms. The third-order valence-electron chi connectivity index (χ3n) is 1.27. The predicted molar refractivity (Wildman–Crippen MR) is 56.4 cm³/mol. The van der Waals surface area contributed by atoms with Gasteiger partial charge in [0.15, 0.2) is 0 Å². The average molecular weight is 186 g/mol. The summed E-state index contributed by atoms with van der Waals surface area (Å²) >= 11 is 1.64. The van der Waals surface area contributed by atoms with Crippen molar-refractivity contribution < 1.29 is 0 Å². The van der Waals surface area contributed by atoms with Crippen molar-refractivity contribution in [3.8, 4) is 0 Å². The number of nitrogens with zero attached hydrogens (tertiary/aromatic N) is 1. The number of aromatic nitrogens is 1. The summed E-state index contributed by atoms with van der Waals surface area (Å²) in [5, 5.41) is 0. The molecule has 2 nitrogen and oxygen atoms in total. The lowest BCUT2D eigenvalue weighted by Gasteiger charge is -2.00. The normalized spacial score (nSPS) is 9.42. The average Bonchev–Trinajstić information content (AvgIpc) is 2.40. The van der Waals surface area contributed by atoms with Gasteiger partial charge in [-0.2, -0.15) is 0 Å². The van der Waals surface area contributed by atoms with E-state index in [1.54, 1.807) is 16.8 Å². The van der Waals surface area contributed by atoms with Gasteiger partial charge in [-0.3, -0.25) is 0 Å². The molecular formula is C9H18N2S. The first-order chi connectivity index (χ1) is 5.70. The number of rotatable bonds is 2. The van der Waals surface area contributed by atoms with Crippen LogP contribution in [0, 0.1) is 5.92 Å². The molecular weight excluding hydrogens is 168 g/mol. The van der Waals surface area contributed by atoms with Crippen molar-refractivity contribution >= 4 is 17.2 Å². The van der Waals surface area contributed by atoms with Gasteiger partial charge in [-0.05, 0) is 12.3 Å². The van der Waals surface area contributed by atoms with Gasteiger partial charge in [-0.1, -0.05) is 27.7 Å². The molecule has 0 atom stereocenters. The minimum Gasteiger partial charge on any atom is -0.383 e. The molecule has 0 unspecified atom stereocenters. The SMILES string of the molecule is CC.CC(C)Cc1scnc1N. The van der Waals surface area contributed by atoms with Crippen LogP contribution in [0.1, 0.15) is 32.6 Å². The van der Waals surface area contributed by atoms with Crippen molar-refractivity contribution in [3.05, 3.63) is 10.4 Å². The van der Waals surface area contributed by atoms with E-state index in [0.717, 1.165) is 6.42 Å². The second kappa shape index (κ2) is 6.00. The third-order valence-corrected chi connectivity index (χ3v) is 2.14. The monoisotopic (exact) mass is 186 g/mol. The fourth-order valence-corrected chi connectivity index (χ4v) is 1.70. The second-order valence-corrected chi connectivity index (χ2v) is 3.70. The number of nitrogens with two attached hydrogens (primary N) is 1. The van der Waals surface area contributed by atoms with Gasteiger partial charge in [0.25, 0.3) is 0 Å². The standard InChI is InChI=1S/C7H12N2S.C2H6/c1-5(2)3-6-7(8)9-4-10-6;1-2/h4-5H,3,8H2,1-2H3;1-2H3. The maximum absolute atomic E-state index is 5.59. The van der Waals surface area contributed by atoms with E-state index >= 15 is 0 Å². The van der Waals surface area contributed by atoms with Crippen molar-refractivity contribution in [1.29, 1.82) is 0 Å². The minimum atomic E-state index is 0.669. The first-order valence-electron chi connectivity index (χ1n) is 4.38. The molecule has 3 heteroatoms. The molecule has 0 spiro atoms. The molecule has 0 saturated carbocycles. The lowest BCUT2D eigenvalue weighted by molar-refractivity contribution is 0.654. The van der Waals surface area contributed by atoms with E-state index in [2.05, 4.69) is 18.8 Å². The van der Waals surface area contributed by atoms with Crippen molar-refractivity contribution in [2.75, 3.05) is 5.73 Å². The van der Waals surface area contributed by atoms with Crippen molar-refractivity contribution in [1.82, 2.24) is 4.98 Å². The number of thiazole rings is 1. The highest BCUT2D eigenvalue weighted by Crippen LogP contribution is 2.18. The van der Waals surface area contributed by atoms with Gasteiger partial charge in [-0.15, -0.1) is 11.3 Å². The Labute approximate surface area is 78.8 Å². The Hall–Kier alpha value is -0.570. The van der Waals surface area contributed by atoms with Crippen molar-refractivity contribution in [2.45, 2.75) is 34.1 Å². The van der Waals surface area contributed by atoms with Crippen LogP contribution in [0.4, 0.5) is 5.82 Å². The molecule has 0 amide bonds. The molecule has 1 heterocycles. The Kier molecular flexibility index (Phi) is 5.72. The zero-order chi connectivity index (χ0) is 9.56. The Morgan fingerprint density at radius 1 is 1.50 bits per heavy atom. The van der Waals surface area contributed by atoms with Crippen LogP contribution in [-0.2, 0) is 6.42 Å². The number of hydrogen-bond donors (Lipinski definition) is 1. The molecule has 1 aromatic heterocycles. The summed E-state index contributed by atoms with van der Waals surface area (Å²) in [5.41, 5.74) is 7.39. The summed E-state index contributed by atoms with van der Waals surface area (Å²) in [4.78, 5) is 5.18. The van der Waals surface area contributed by atoms with E-state index in [0.29, 0.717) is 11.7 Å². The molecule has 0 aliphatic heterocycles. The summed E-state index contributed by atoms with van der Waals surface area (Å²) in [6.45, 7) is 8.36. The van der Waals surface area contributed by atoms with Crippen LogP contribution in [0.25, 0.3) is 0 Å². The topological polar surface area (TPSA) is 38.9 Å². The fraction of sp³-hybridized carbons (Fsp3) is 0.667. The maximum Gasteiger partial charge on any atom is 0.137 e. The van der Waals surface area contributed by atoms with Crippen LogP contribution in [-0.4, -0.2) is 4.98 Å². The lowest BCUT2D eigenvalue weighted by Crippen LogP contribution is -1.95. The fourth-order valence-electron chi connectivity index (χ4n) is 0.803. The zero-order valence-corrected chi connectivity index (χ0v) is 9.11. The Bertz CT molecular complexity index is 206. The summed E-state index contributed by atoms with van der Waals surface area (Å²) in [6.07, 6.45) is 1.05. The summed E-state index contributed by atoms with van der Waals surface area (Å²) in [7, 11) is 0. The number of hydrogen-bond acceptors (Lipinski definition) is 3. The highest BCUT2D eigenvalue weighted by atomic mass is 32.1. The molecule has 0 radical (unpaired) electrons. The van der Waals surface area contributed by atoms with Crippen LogP contribution in [0.15, 0.2) is 5.51 Å². The molecule has 0 fully saturated rings. The zero-order valence-electron chi connectivity index (χ0n) is 8.29. The van der Waals surface area contributed by atoms with Crippen LogP contribution in [0.2, 0.25) is 0 Å². The van der Waals surface area contributed by atoms with Gasteiger partial charge >= 0.3 is 0 Å². The molecule has 2 N–H and O–H groups in total. The Morgan fingerprint density at radius 3 is 2.42 bits per heavy atom. The summed E-state index contributed by atoms with van der Waals surface area (Å²) in [5.74, 6) is 1.38. The molecule has 1 aromatic rings. The predicted octanol–water partition coefficient (Wildman–Crippen LogP) is 2.95. The van der Waals surface area contributed by atoms with Gasteiger partial charge in [0, 0.05) is 4.88 Å². The van der Waals surface area contributed by atoms with Crippen LogP contribution < -0.4 is 5.73 Å². The van der Waals surface area contributed by atoms with Crippen LogP contribution in [0.5, 0.6) is 0 Å². The van der Waals surface area contributed by atoms with E-state index < -0.39 is 0 Å². The van der Waals surface area contributed by atoms with Crippen LogP contribution in [0.3, 0.4) is 0 Å². The lowest BCUT2D eigenvalue weighted by atomic mass is 10.1. The molecule has 0 aliphatic rings. The third kappa shape index (κ3) is 3.72. The molecule has 0 bridgehead atoms. The van der Waals surface area contributed by atoms with E-state index in [4.69, 9.17) is 5.73 Å². The molecule has 0 aromatic carbocycles. The van der Waals surface area contributed by atoms with E-state index in [1.807, 2.05) is 13.8 Å². The van der Waals surface area contributed by atoms with E-state index in [-0.39, 0.29) is 0 Å². The maximum atomic E-state index is 5.59. The molecule has 1 rings (SSSR count). The smallest absolute Gasteiger partial charge is 0.137 e. The van der Waals surface area contributed by atoms with Crippen molar-refractivity contribution in [3.63, 3.8) is 0 Å². The molecule has 0 aliphatic carbocycles. The minimum absolute atomic E-state index is 0.669. The largest absolute Gasteiger partial charge is 0.383 e. The van der Waals surface area contributed by atoms with E-state index in [1.165, 1.54) is 4.88 Å². The van der Waals surface area contributed by atoms with Crippen molar-refractivity contribution in [2.24, 2.45) is 5.92 Å². The number of anilines is 1. The number of nitrogen functional groups attached to an aromatic ring is 1. The molecule has 70 valence electrons. The highest BCUT2D eigenvalue weighted by molar-refractivity contribution is 7.10. The van der Waals surface area contributed by atoms with Gasteiger partial charge in [0.1, 0.15) is 5.82 Å². The van der Waals surface area contributed by atoms with Gasteiger partial charge < -0.3 is 5.73 Å². The Morgan fingerprint density at radius 2 is 2.08 bits per heavy atom. The second-order valence-electron chi connectivity index (χ2n) is 2.76. The van der Waals surface area contributed by atoms with Crippen LogP contribution >= 0.6 is 11.3 Å². The molecule has 0 saturated heterocycles. The summed E-state index contributed by atoms with van der Waals surface area (Å²) in [6, 6.07) is 0. The quantitative estimate of drug-likeness (QED) is 0.771. The van der Waals surface area contributed by atoms with Gasteiger partial charge in [0.2, 0.25) is 0 Å².